The molecule has 2 amide bonds. The minimum atomic E-state index is -0.0850. The SMILES string of the molecule is CC1CN(C(=O)N/C=C/c2cccc(Br)c2)CC(C)O1. The zero-order valence-electron chi connectivity index (χ0n) is 11.7. The molecule has 2 unspecified atom stereocenters. The first kappa shape index (κ1) is 15.1. The van der Waals surface area contributed by atoms with E-state index in [1.807, 2.05) is 44.2 Å². The molecule has 2 atom stereocenters. The van der Waals surface area contributed by atoms with Crippen molar-refractivity contribution in [2.75, 3.05) is 13.1 Å². The zero-order chi connectivity index (χ0) is 14.5. The number of urea groups is 1. The Hall–Kier alpha value is -1.33. The van der Waals surface area contributed by atoms with Crippen molar-refractivity contribution in [3.63, 3.8) is 0 Å². The molecule has 1 aliphatic rings. The molecule has 0 radical (unpaired) electrons. The second-order valence-electron chi connectivity index (χ2n) is 5.00. The van der Waals surface area contributed by atoms with Crippen LogP contribution in [-0.4, -0.2) is 36.2 Å². The van der Waals surface area contributed by atoms with E-state index in [0.29, 0.717) is 13.1 Å². The van der Waals surface area contributed by atoms with Gasteiger partial charge in [0.1, 0.15) is 0 Å². The number of halogens is 1. The van der Waals surface area contributed by atoms with E-state index in [0.717, 1.165) is 10.0 Å². The number of amides is 2. The van der Waals surface area contributed by atoms with Gasteiger partial charge in [-0.15, -0.1) is 0 Å². The highest BCUT2D eigenvalue weighted by molar-refractivity contribution is 9.10. The zero-order valence-corrected chi connectivity index (χ0v) is 13.3. The monoisotopic (exact) mass is 338 g/mol. The molecule has 0 saturated carbocycles. The molecule has 1 aromatic carbocycles. The first-order valence-corrected chi connectivity index (χ1v) is 7.47. The minimum Gasteiger partial charge on any atom is -0.372 e. The van der Waals surface area contributed by atoms with E-state index in [1.165, 1.54) is 0 Å². The lowest BCUT2D eigenvalue weighted by Gasteiger charge is -2.34. The average Bonchev–Trinajstić information content (AvgIpc) is 2.37. The quantitative estimate of drug-likeness (QED) is 0.899. The van der Waals surface area contributed by atoms with Crippen LogP contribution in [0.25, 0.3) is 6.08 Å². The summed E-state index contributed by atoms with van der Waals surface area (Å²) in [5.41, 5.74) is 1.03. The molecule has 4 nitrogen and oxygen atoms in total. The smallest absolute Gasteiger partial charge is 0.321 e. The lowest BCUT2D eigenvalue weighted by atomic mass is 10.2. The highest BCUT2D eigenvalue weighted by Gasteiger charge is 2.25. The fourth-order valence-corrected chi connectivity index (χ4v) is 2.67. The highest BCUT2D eigenvalue weighted by Crippen LogP contribution is 2.13. The number of morpholine rings is 1. The fourth-order valence-electron chi connectivity index (χ4n) is 2.25. The molecule has 2 rings (SSSR count). The van der Waals surface area contributed by atoms with Gasteiger partial charge in [-0.25, -0.2) is 4.79 Å². The number of rotatable bonds is 2. The van der Waals surface area contributed by atoms with Crippen molar-refractivity contribution < 1.29 is 9.53 Å². The van der Waals surface area contributed by atoms with Gasteiger partial charge < -0.3 is 15.0 Å². The van der Waals surface area contributed by atoms with Crippen molar-refractivity contribution in [1.82, 2.24) is 10.2 Å². The lowest BCUT2D eigenvalue weighted by Crippen LogP contribution is -2.50. The summed E-state index contributed by atoms with van der Waals surface area (Å²) in [5, 5.41) is 2.80. The second kappa shape index (κ2) is 6.90. The summed E-state index contributed by atoms with van der Waals surface area (Å²) in [7, 11) is 0. The summed E-state index contributed by atoms with van der Waals surface area (Å²) in [6.07, 6.45) is 3.71. The second-order valence-corrected chi connectivity index (χ2v) is 5.92. The number of hydrogen-bond acceptors (Lipinski definition) is 2. The van der Waals surface area contributed by atoms with Gasteiger partial charge in [0.25, 0.3) is 0 Å². The number of hydrogen-bond donors (Lipinski definition) is 1. The molecule has 0 spiro atoms. The lowest BCUT2D eigenvalue weighted by molar-refractivity contribution is -0.0541. The molecule has 0 aromatic heterocycles. The average molecular weight is 339 g/mol. The van der Waals surface area contributed by atoms with Crippen LogP contribution in [0.3, 0.4) is 0 Å². The Labute approximate surface area is 127 Å². The Balaban J connectivity index is 1.88. The van der Waals surface area contributed by atoms with Crippen LogP contribution in [0.2, 0.25) is 0 Å². The van der Waals surface area contributed by atoms with Gasteiger partial charge in [0.05, 0.1) is 12.2 Å². The Morgan fingerprint density at radius 1 is 1.40 bits per heavy atom. The molecule has 5 heteroatoms. The van der Waals surface area contributed by atoms with Gasteiger partial charge in [-0.2, -0.15) is 0 Å². The molecule has 108 valence electrons. The molecule has 0 bridgehead atoms. The number of carbonyl (C=O) groups excluding carboxylic acids is 1. The first-order chi connectivity index (χ1) is 9.54. The van der Waals surface area contributed by atoms with E-state index < -0.39 is 0 Å². The van der Waals surface area contributed by atoms with Crippen molar-refractivity contribution in [1.29, 1.82) is 0 Å². The highest BCUT2D eigenvalue weighted by atomic mass is 79.9. The molecular weight excluding hydrogens is 320 g/mol. The van der Waals surface area contributed by atoms with Crippen LogP contribution in [0.15, 0.2) is 34.9 Å². The van der Waals surface area contributed by atoms with E-state index in [4.69, 9.17) is 4.74 Å². The van der Waals surface area contributed by atoms with Gasteiger partial charge in [0, 0.05) is 23.8 Å². The maximum Gasteiger partial charge on any atom is 0.321 e. The third-order valence-corrected chi connectivity index (χ3v) is 3.53. The van der Waals surface area contributed by atoms with E-state index in [1.54, 1.807) is 11.1 Å². The van der Waals surface area contributed by atoms with E-state index in [9.17, 15) is 4.79 Å². The van der Waals surface area contributed by atoms with Crippen LogP contribution < -0.4 is 5.32 Å². The Morgan fingerprint density at radius 3 is 2.75 bits per heavy atom. The summed E-state index contributed by atoms with van der Waals surface area (Å²) in [4.78, 5) is 13.8. The largest absolute Gasteiger partial charge is 0.372 e. The number of benzene rings is 1. The molecule has 1 aromatic rings. The molecule has 1 heterocycles. The summed E-state index contributed by atoms with van der Waals surface area (Å²) in [6.45, 7) is 5.21. The molecule has 0 aliphatic carbocycles. The van der Waals surface area contributed by atoms with Crippen molar-refractivity contribution >= 4 is 28.0 Å². The standard InChI is InChI=1S/C15H19BrN2O2/c1-11-9-18(10-12(2)20-11)15(19)17-7-6-13-4-3-5-14(16)8-13/h3-8,11-12H,9-10H2,1-2H3,(H,17,19)/b7-6+. The number of nitrogens with zero attached hydrogens (tertiary/aromatic N) is 1. The third-order valence-electron chi connectivity index (χ3n) is 3.04. The van der Waals surface area contributed by atoms with Crippen LogP contribution in [-0.2, 0) is 4.74 Å². The minimum absolute atomic E-state index is 0.0820. The van der Waals surface area contributed by atoms with Crippen molar-refractivity contribution in [2.45, 2.75) is 26.1 Å². The molecule has 1 aliphatic heterocycles. The van der Waals surface area contributed by atoms with Crippen LogP contribution >= 0.6 is 15.9 Å². The molecule has 1 fully saturated rings. The summed E-state index contributed by atoms with van der Waals surface area (Å²) >= 11 is 3.42. The molecule has 20 heavy (non-hydrogen) atoms. The first-order valence-electron chi connectivity index (χ1n) is 6.67. The number of nitrogens with one attached hydrogen (secondary N) is 1. The summed E-state index contributed by atoms with van der Waals surface area (Å²) < 4.78 is 6.62. The summed E-state index contributed by atoms with van der Waals surface area (Å²) in [6, 6.07) is 7.80. The molecular formula is C15H19BrN2O2. The third kappa shape index (κ3) is 4.35. The molecule has 1 N–H and O–H groups in total. The van der Waals surface area contributed by atoms with Gasteiger partial charge in [0.2, 0.25) is 0 Å². The summed E-state index contributed by atoms with van der Waals surface area (Å²) in [5.74, 6) is 0. The number of carbonyl (C=O) groups is 1. The van der Waals surface area contributed by atoms with Crippen LogP contribution in [0, 0.1) is 0 Å². The fraction of sp³-hybridized carbons (Fsp3) is 0.400. The Kier molecular flexibility index (Phi) is 5.20. The Bertz CT molecular complexity index is 494. The van der Waals surface area contributed by atoms with Crippen molar-refractivity contribution in [3.05, 3.63) is 40.5 Å². The maximum atomic E-state index is 12.0. The van der Waals surface area contributed by atoms with Gasteiger partial charge in [-0.05, 0) is 37.6 Å². The van der Waals surface area contributed by atoms with E-state index >= 15 is 0 Å². The van der Waals surface area contributed by atoms with E-state index in [-0.39, 0.29) is 18.2 Å². The Morgan fingerprint density at radius 2 is 2.10 bits per heavy atom. The van der Waals surface area contributed by atoms with E-state index in [2.05, 4.69) is 21.2 Å². The normalized spacial score (nSPS) is 23.1. The topological polar surface area (TPSA) is 41.6 Å². The van der Waals surface area contributed by atoms with Crippen LogP contribution in [0.5, 0.6) is 0 Å². The predicted molar refractivity (Wildman–Crippen MR) is 83.3 cm³/mol. The van der Waals surface area contributed by atoms with Gasteiger partial charge in [-0.3, -0.25) is 0 Å². The van der Waals surface area contributed by atoms with Crippen LogP contribution in [0.1, 0.15) is 19.4 Å². The predicted octanol–water partition coefficient (Wildman–Crippen LogP) is 3.24. The van der Waals surface area contributed by atoms with Crippen molar-refractivity contribution in [2.24, 2.45) is 0 Å². The molecule has 1 saturated heterocycles. The number of ether oxygens (including phenoxy) is 1. The van der Waals surface area contributed by atoms with Crippen LogP contribution in [0.4, 0.5) is 4.79 Å². The van der Waals surface area contributed by atoms with Crippen molar-refractivity contribution in [3.8, 4) is 0 Å². The maximum absolute atomic E-state index is 12.0. The van der Waals surface area contributed by atoms with Gasteiger partial charge in [-0.1, -0.05) is 28.1 Å². The van der Waals surface area contributed by atoms with Gasteiger partial charge in [0.15, 0.2) is 0 Å². The van der Waals surface area contributed by atoms with Gasteiger partial charge >= 0.3 is 6.03 Å².